The van der Waals surface area contributed by atoms with Crippen molar-refractivity contribution in [1.29, 1.82) is 0 Å². The molecule has 0 fully saturated rings. The Morgan fingerprint density at radius 3 is 2.81 bits per heavy atom. The molecule has 5 rings (SSSR count). The fourth-order valence-corrected chi connectivity index (χ4v) is 3.73. The number of hydrogen-bond donors (Lipinski definition) is 1. The normalized spacial score (nSPS) is 14.6. The van der Waals surface area contributed by atoms with Crippen LogP contribution in [0, 0.1) is 0 Å². The lowest BCUT2D eigenvalue weighted by molar-refractivity contribution is 0.205. The molecule has 0 atom stereocenters. The van der Waals surface area contributed by atoms with Crippen molar-refractivity contribution < 1.29 is 0 Å². The predicted octanol–water partition coefficient (Wildman–Crippen LogP) is 1.45. The SMILES string of the molecule is O=c1cc(CN2CCn3c(Br)nnc3C2)nc2nc(-c3ccccc3)[nH]n12. The summed E-state index contributed by atoms with van der Waals surface area (Å²) in [5.41, 5.74) is 1.43. The fourth-order valence-electron chi connectivity index (χ4n) is 3.27. The number of nitrogens with zero attached hydrogens (tertiary/aromatic N) is 7. The summed E-state index contributed by atoms with van der Waals surface area (Å²) in [4.78, 5) is 23.7. The largest absolute Gasteiger partial charge is 0.303 e. The van der Waals surface area contributed by atoms with Crippen LogP contribution in [0.1, 0.15) is 11.5 Å². The van der Waals surface area contributed by atoms with Gasteiger partial charge in [0.25, 0.3) is 11.3 Å². The number of benzene rings is 1. The van der Waals surface area contributed by atoms with E-state index in [2.05, 4.69) is 46.1 Å². The number of aromatic nitrogens is 7. The maximum Gasteiger partial charge on any atom is 0.274 e. The number of nitrogens with one attached hydrogen (secondary N) is 1. The monoisotopic (exact) mass is 426 g/mol. The van der Waals surface area contributed by atoms with Crippen LogP contribution < -0.4 is 5.56 Å². The van der Waals surface area contributed by atoms with Crippen LogP contribution in [0.15, 0.2) is 45.9 Å². The number of hydrogen-bond acceptors (Lipinski definition) is 6. The molecule has 10 heteroatoms. The summed E-state index contributed by atoms with van der Waals surface area (Å²) in [5.74, 6) is 1.89. The highest BCUT2D eigenvalue weighted by atomic mass is 79.9. The molecule has 4 aromatic rings. The topological polar surface area (TPSA) is 97.0 Å². The molecule has 0 spiro atoms. The lowest BCUT2D eigenvalue weighted by Gasteiger charge is -2.26. The highest BCUT2D eigenvalue weighted by Gasteiger charge is 2.21. The summed E-state index contributed by atoms with van der Waals surface area (Å²) in [6.07, 6.45) is 0. The molecule has 0 aliphatic carbocycles. The predicted molar refractivity (Wildman–Crippen MR) is 101 cm³/mol. The summed E-state index contributed by atoms with van der Waals surface area (Å²) in [5, 5.41) is 11.2. The molecule has 0 amide bonds. The molecule has 9 nitrogen and oxygen atoms in total. The second-order valence-electron chi connectivity index (χ2n) is 6.41. The van der Waals surface area contributed by atoms with Crippen LogP contribution in [-0.4, -0.2) is 45.8 Å². The summed E-state index contributed by atoms with van der Waals surface area (Å²) in [6, 6.07) is 11.2. The Kier molecular flexibility index (Phi) is 3.87. The smallest absolute Gasteiger partial charge is 0.274 e. The summed E-state index contributed by atoms with van der Waals surface area (Å²) in [7, 11) is 0. The van der Waals surface area contributed by atoms with Crippen LogP contribution in [-0.2, 0) is 19.6 Å². The number of rotatable bonds is 3. The third kappa shape index (κ3) is 2.96. The van der Waals surface area contributed by atoms with E-state index in [4.69, 9.17) is 0 Å². The van der Waals surface area contributed by atoms with E-state index in [0.29, 0.717) is 30.4 Å². The molecule has 136 valence electrons. The lowest BCUT2D eigenvalue weighted by Crippen LogP contribution is -2.34. The van der Waals surface area contributed by atoms with Crippen molar-refractivity contribution in [2.24, 2.45) is 0 Å². The van der Waals surface area contributed by atoms with Crippen molar-refractivity contribution in [3.05, 3.63) is 63.0 Å². The van der Waals surface area contributed by atoms with E-state index in [0.717, 1.165) is 29.2 Å². The Hall–Kier alpha value is -2.85. The first-order valence-electron chi connectivity index (χ1n) is 8.51. The van der Waals surface area contributed by atoms with Crippen molar-refractivity contribution in [2.45, 2.75) is 19.6 Å². The Bertz CT molecular complexity index is 1180. The number of H-pyrrole nitrogens is 1. The van der Waals surface area contributed by atoms with E-state index in [-0.39, 0.29) is 5.56 Å². The average Bonchev–Trinajstić information content (AvgIpc) is 3.27. The molecule has 0 bridgehead atoms. The van der Waals surface area contributed by atoms with E-state index in [9.17, 15) is 4.79 Å². The standard InChI is InChI=1S/C17H15BrN8O/c18-16-22-21-13-10-24(6-7-25(13)16)9-12-8-14(27)26-17(19-12)20-15(23-26)11-4-2-1-3-5-11/h1-5,8H,6-7,9-10H2,(H,19,20,23). The molecule has 0 radical (unpaired) electrons. The molecule has 1 N–H and O–H groups in total. The van der Waals surface area contributed by atoms with Gasteiger partial charge in [-0.25, -0.2) is 4.98 Å². The van der Waals surface area contributed by atoms with E-state index < -0.39 is 0 Å². The average molecular weight is 427 g/mol. The molecule has 1 aliphatic heterocycles. The Labute approximate surface area is 161 Å². The molecule has 27 heavy (non-hydrogen) atoms. The molecule has 4 heterocycles. The van der Waals surface area contributed by atoms with E-state index in [1.165, 1.54) is 4.52 Å². The summed E-state index contributed by atoms with van der Waals surface area (Å²) < 4.78 is 4.16. The molecular weight excluding hydrogens is 412 g/mol. The van der Waals surface area contributed by atoms with Crippen molar-refractivity contribution >= 4 is 21.7 Å². The van der Waals surface area contributed by atoms with Crippen molar-refractivity contribution in [1.82, 2.24) is 39.2 Å². The van der Waals surface area contributed by atoms with Crippen LogP contribution in [0.2, 0.25) is 0 Å². The van der Waals surface area contributed by atoms with Gasteiger partial charge in [0.1, 0.15) is 5.82 Å². The number of halogens is 1. The number of fused-ring (bicyclic) bond motifs is 2. The highest BCUT2D eigenvalue weighted by Crippen LogP contribution is 2.18. The van der Waals surface area contributed by atoms with Gasteiger partial charge in [-0.1, -0.05) is 30.3 Å². The van der Waals surface area contributed by atoms with Crippen LogP contribution in [0.4, 0.5) is 0 Å². The minimum atomic E-state index is -0.174. The van der Waals surface area contributed by atoms with Gasteiger partial charge in [0, 0.05) is 31.3 Å². The second-order valence-corrected chi connectivity index (χ2v) is 7.12. The third-order valence-electron chi connectivity index (χ3n) is 4.60. The van der Waals surface area contributed by atoms with Crippen LogP contribution in [0.5, 0.6) is 0 Å². The Morgan fingerprint density at radius 2 is 1.96 bits per heavy atom. The van der Waals surface area contributed by atoms with Gasteiger partial charge >= 0.3 is 0 Å². The second kappa shape index (κ2) is 6.39. The third-order valence-corrected chi connectivity index (χ3v) is 5.19. The highest BCUT2D eigenvalue weighted by molar-refractivity contribution is 9.10. The van der Waals surface area contributed by atoms with Gasteiger partial charge in [-0.3, -0.25) is 14.8 Å². The zero-order valence-electron chi connectivity index (χ0n) is 14.2. The van der Waals surface area contributed by atoms with Crippen molar-refractivity contribution in [3.8, 4) is 11.4 Å². The minimum absolute atomic E-state index is 0.174. The first-order chi connectivity index (χ1) is 13.2. The summed E-state index contributed by atoms with van der Waals surface area (Å²) in [6.45, 7) is 2.85. The molecule has 0 unspecified atom stereocenters. The molecule has 0 saturated heterocycles. The van der Waals surface area contributed by atoms with E-state index >= 15 is 0 Å². The first-order valence-corrected chi connectivity index (χ1v) is 9.31. The maximum absolute atomic E-state index is 12.5. The van der Waals surface area contributed by atoms with Crippen molar-refractivity contribution in [2.75, 3.05) is 6.54 Å². The van der Waals surface area contributed by atoms with Gasteiger partial charge in [-0.15, -0.1) is 10.2 Å². The summed E-state index contributed by atoms with van der Waals surface area (Å²) >= 11 is 3.40. The fraction of sp³-hybridized carbons (Fsp3) is 0.235. The molecule has 3 aromatic heterocycles. The lowest BCUT2D eigenvalue weighted by atomic mass is 10.2. The van der Waals surface area contributed by atoms with Gasteiger partial charge in [0.15, 0.2) is 10.6 Å². The van der Waals surface area contributed by atoms with Crippen molar-refractivity contribution in [3.63, 3.8) is 0 Å². The maximum atomic E-state index is 12.5. The minimum Gasteiger partial charge on any atom is -0.303 e. The van der Waals surface area contributed by atoms with Crippen LogP contribution in [0.25, 0.3) is 17.2 Å². The molecule has 0 saturated carbocycles. The van der Waals surface area contributed by atoms with E-state index in [1.807, 2.05) is 34.9 Å². The zero-order valence-corrected chi connectivity index (χ0v) is 15.8. The van der Waals surface area contributed by atoms with Crippen LogP contribution in [0.3, 0.4) is 0 Å². The zero-order chi connectivity index (χ0) is 18.4. The van der Waals surface area contributed by atoms with Gasteiger partial charge in [-0.05, 0) is 15.9 Å². The van der Waals surface area contributed by atoms with Gasteiger partial charge in [-0.2, -0.15) is 9.50 Å². The molecular formula is C17H15BrN8O. The van der Waals surface area contributed by atoms with Gasteiger partial charge in [0.2, 0.25) is 0 Å². The van der Waals surface area contributed by atoms with E-state index in [1.54, 1.807) is 6.07 Å². The quantitative estimate of drug-likeness (QED) is 0.532. The Morgan fingerprint density at radius 1 is 1.11 bits per heavy atom. The van der Waals surface area contributed by atoms with Crippen LogP contribution >= 0.6 is 15.9 Å². The number of aromatic amines is 1. The first kappa shape index (κ1) is 16.3. The molecule has 1 aliphatic rings. The van der Waals surface area contributed by atoms with Gasteiger partial charge < -0.3 is 4.57 Å². The van der Waals surface area contributed by atoms with Gasteiger partial charge in [0.05, 0.1) is 12.2 Å². The molecule has 1 aromatic carbocycles. The Balaban J connectivity index is 1.44.